The summed E-state index contributed by atoms with van der Waals surface area (Å²) in [5, 5.41) is 8.99. The molecule has 1 atom stereocenters. The first-order chi connectivity index (χ1) is 17.3. The SMILES string of the molecule is CC(=O)NC[C@H]1CN(c2ccc(-c3ccc(/C=N/N4CCN(C(=O)CN)CC4)cc3)c(F)c2)C(=O)O1. The summed E-state index contributed by atoms with van der Waals surface area (Å²) >= 11 is 0. The molecule has 3 amide bonds. The number of piperazine rings is 1. The summed E-state index contributed by atoms with van der Waals surface area (Å²) in [4.78, 5) is 38.0. The van der Waals surface area contributed by atoms with Crippen molar-refractivity contribution in [1.82, 2.24) is 15.2 Å². The molecule has 2 fully saturated rings. The number of hydrazone groups is 1. The number of carbonyl (C=O) groups is 3. The Hall–Kier alpha value is -3.99. The number of amides is 3. The van der Waals surface area contributed by atoms with E-state index in [1.54, 1.807) is 23.2 Å². The van der Waals surface area contributed by atoms with Gasteiger partial charge in [-0.15, -0.1) is 0 Å². The van der Waals surface area contributed by atoms with Gasteiger partial charge in [0.2, 0.25) is 11.8 Å². The monoisotopic (exact) mass is 496 g/mol. The van der Waals surface area contributed by atoms with Crippen LogP contribution in [0.4, 0.5) is 14.9 Å². The van der Waals surface area contributed by atoms with Crippen LogP contribution < -0.4 is 16.0 Å². The number of nitrogens with one attached hydrogen (secondary N) is 1. The van der Waals surface area contributed by atoms with E-state index in [9.17, 15) is 18.8 Å². The first-order valence-corrected chi connectivity index (χ1v) is 11.7. The van der Waals surface area contributed by atoms with E-state index in [0.29, 0.717) is 43.0 Å². The lowest BCUT2D eigenvalue weighted by Gasteiger charge is -2.32. The third kappa shape index (κ3) is 5.98. The number of halogens is 1. The maximum absolute atomic E-state index is 15.0. The van der Waals surface area contributed by atoms with E-state index in [2.05, 4.69) is 10.4 Å². The van der Waals surface area contributed by atoms with E-state index in [0.717, 1.165) is 5.56 Å². The van der Waals surface area contributed by atoms with Crippen molar-refractivity contribution in [3.05, 3.63) is 53.8 Å². The fraction of sp³-hybridized carbons (Fsp3) is 0.360. The van der Waals surface area contributed by atoms with Crippen LogP contribution in [0.5, 0.6) is 0 Å². The smallest absolute Gasteiger partial charge is 0.414 e. The minimum Gasteiger partial charge on any atom is -0.442 e. The molecular weight excluding hydrogens is 467 g/mol. The number of anilines is 1. The van der Waals surface area contributed by atoms with Crippen molar-refractivity contribution < 1.29 is 23.5 Å². The van der Waals surface area contributed by atoms with Crippen molar-refractivity contribution in [3.8, 4) is 11.1 Å². The Morgan fingerprint density at radius 1 is 1.17 bits per heavy atom. The topological polar surface area (TPSA) is 121 Å². The number of benzene rings is 2. The molecular formula is C25H29FN6O4. The standard InChI is InChI=1S/C25H29FN6O4/c1-17(33)28-15-21-16-32(25(35)36-21)20-6-7-22(23(26)12-20)19-4-2-18(3-5-19)14-29-31-10-8-30(9-11-31)24(34)13-27/h2-7,12,14,21H,8-11,13,15-16,27H2,1H3,(H,28,33)/b29-14+/t21-/m0/s1. The van der Waals surface area contributed by atoms with Crippen molar-refractivity contribution in [2.45, 2.75) is 13.0 Å². The summed E-state index contributed by atoms with van der Waals surface area (Å²) in [7, 11) is 0. The van der Waals surface area contributed by atoms with Crippen LogP contribution in [0.1, 0.15) is 12.5 Å². The van der Waals surface area contributed by atoms with Crippen LogP contribution in [-0.2, 0) is 14.3 Å². The number of nitrogens with zero attached hydrogens (tertiary/aromatic N) is 4. The number of ether oxygens (including phenoxy) is 1. The lowest BCUT2D eigenvalue weighted by Crippen LogP contribution is -2.48. The quantitative estimate of drug-likeness (QED) is 0.559. The van der Waals surface area contributed by atoms with Crippen molar-refractivity contribution in [1.29, 1.82) is 0 Å². The van der Waals surface area contributed by atoms with Crippen LogP contribution >= 0.6 is 0 Å². The molecule has 2 aliphatic heterocycles. The molecule has 2 saturated heterocycles. The molecule has 190 valence electrons. The molecule has 2 aromatic rings. The summed E-state index contributed by atoms with van der Waals surface area (Å²) in [6, 6.07) is 11.9. The highest BCUT2D eigenvalue weighted by atomic mass is 19.1. The number of carbonyl (C=O) groups excluding carboxylic acids is 3. The van der Waals surface area contributed by atoms with Gasteiger partial charge in [0.1, 0.15) is 11.9 Å². The summed E-state index contributed by atoms with van der Waals surface area (Å²) in [6.07, 6.45) is 0.671. The maximum Gasteiger partial charge on any atom is 0.414 e. The molecule has 10 nitrogen and oxygen atoms in total. The van der Waals surface area contributed by atoms with E-state index < -0.39 is 18.0 Å². The molecule has 0 saturated carbocycles. The molecule has 0 spiro atoms. The van der Waals surface area contributed by atoms with Gasteiger partial charge in [0.15, 0.2) is 0 Å². The molecule has 11 heteroatoms. The Kier molecular flexibility index (Phi) is 7.79. The van der Waals surface area contributed by atoms with Gasteiger partial charge in [0.05, 0.1) is 44.6 Å². The average Bonchev–Trinajstić information content (AvgIpc) is 3.27. The normalized spacial score (nSPS) is 18.0. The number of rotatable bonds is 7. The van der Waals surface area contributed by atoms with Crippen LogP contribution in [0.3, 0.4) is 0 Å². The Morgan fingerprint density at radius 2 is 1.89 bits per heavy atom. The molecule has 4 rings (SSSR count). The highest BCUT2D eigenvalue weighted by Crippen LogP contribution is 2.29. The maximum atomic E-state index is 15.0. The van der Waals surface area contributed by atoms with Crippen LogP contribution in [-0.4, -0.2) is 85.9 Å². The number of cyclic esters (lactones) is 1. The Balaban J connectivity index is 1.36. The molecule has 0 aliphatic carbocycles. The molecule has 2 heterocycles. The molecule has 0 radical (unpaired) electrons. The molecule has 0 bridgehead atoms. The Bertz CT molecular complexity index is 1150. The van der Waals surface area contributed by atoms with E-state index in [1.165, 1.54) is 17.9 Å². The number of nitrogens with two attached hydrogens (primary N) is 1. The van der Waals surface area contributed by atoms with Crippen LogP contribution in [0, 0.1) is 5.82 Å². The molecule has 2 aromatic carbocycles. The lowest BCUT2D eigenvalue weighted by atomic mass is 10.0. The average molecular weight is 497 g/mol. The first-order valence-electron chi connectivity index (χ1n) is 11.7. The van der Waals surface area contributed by atoms with Gasteiger partial charge < -0.3 is 20.7 Å². The lowest BCUT2D eigenvalue weighted by molar-refractivity contribution is -0.131. The number of hydrogen-bond acceptors (Lipinski definition) is 7. The largest absolute Gasteiger partial charge is 0.442 e. The zero-order chi connectivity index (χ0) is 25.7. The van der Waals surface area contributed by atoms with Gasteiger partial charge in [-0.25, -0.2) is 9.18 Å². The summed E-state index contributed by atoms with van der Waals surface area (Å²) in [5.41, 5.74) is 7.76. The van der Waals surface area contributed by atoms with Crippen molar-refractivity contribution in [2.75, 3.05) is 50.7 Å². The third-order valence-electron chi connectivity index (χ3n) is 6.09. The van der Waals surface area contributed by atoms with Gasteiger partial charge in [-0.05, 0) is 29.3 Å². The van der Waals surface area contributed by atoms with Crippen LogP contribution in [0.25, 0.3) is 11.1 Å². The molecule has 2 aliphatic rings. The summed E-state index contributed by atoms with van der Waals surface area (Å²) in [6.45, 7) is 4.29. The van der Waals surface area contributed by atoms with Crippen molar-refractivity contribution >= 4 is 29.8 Å². The van der Waals surface area contributed by atoms with E-state index in [4.69, 9.17) is 10.5 Å². The second kappa shape index (κ2) is 11.2. The zero-order valence-corrected chi connectivity index (χ0v) is 20.0. The molecule has 0 unspecified atom stereocenters. The van der Waals surface area contributed by atoms with Gasteiger partial charge in [0.25, 0.3) is 0 Å². The minimum atomic E-state index is -0.575. The van der Waals surface area contributed by atoms with Gasteiger partial charge >= 0.3 is 6.09 Å². The highest BCUT2D eigenvalue weighted by molar-refractivity contribution is 5.90. The summed E-state index contributed by atoms with van der Waals surface area (Å²) < 4.78 is 20.2. The Labute approximate surface area is 208 Å². The second-order valence-corrected chi connectivity index (χ2v) is 8.62. The highest BCUT2D eigenvalue weighted by Gasteiger charge is 2.32. The molecule has 0 aromatic heterocycles. The van der Waals surface area contributed by atoms with Gasteiger partial charge in [-0.3, -0.25) is 19.5 Å². The van der Waals surface area contributed by atoms with Crippen LogP contribution in [0.2, 0.25) is 0 Å². The van der Waals surface area contributed by atoms with Crippen LogP contribution in [0.15, 0.2) is 47.6 Å². The van der Waals surface area contributed by atoms with E-state index >= 15 is 0 Å². The molecule has 36 heavy (non-hydrogen) atoms. The second-order valence-electron chi connectivity index (χ2n) is 8.62. The molecule has 3 N–H and O–H groups in total. The van der Waals surface area contributed by atoms with Crippen molar-refractivity contribution in [3.63, 3.8) is 0 Å². The zero-order valence-electron chi connectivity index (χ0n) is 20.0. The fourth-order valence-corrected chi connectivity index (χ4v) is 4.09. The van der Waals surface area contributed by atoms with E-state index in [1.807, 2.05) is 29.3 Å². The predicted octanol–water partition coefficient (Wildman–Crippen LogP) is 1.39. The van der Waals surface area contributed by atoms with E-state index in [-0.39, 0.29) is 31.4 Å². The number of hydrogen-bond donors (Lipinski definition) is 2. The predicted molar refractivity (Wildman–Crippen MR) is 133 cm³/mol. The van der Waals surface area contributed by atoms with Gasteiger partial charge in [-0.1, -0.05) is 24.3 Å². The minimum absolute atomic E-state index is 0.0180. The Morgan fingerprint density at radius 3 is 2.53 bits per heavy atom. The van der Waals surface area contributed by atoms with Crippen molar-refractivity contribution in [2.24, 2.45) is 10.8 Å². The van der Waals surface area contributed by atoms with Gasteiger partial charge in [0, 0.05) is 25.6 Å². The summed E-state index contributed by atoms with van der Waals surface area (Å²) in [5.74, 6) is -0.728. The first kappa shape index (κ1) is 25.1. The third-order valence-corrected chi connectivity index (χ3v) is 6.09. The van der Waals surface area contributed by atoms with Gasteiger partial charge in [-0.2, -0.15) is 5.10 Å². The fourth-order valence-electron chi connectivity index (χ4n) is 4.09.